The van der Waals surface area contributed by atoms with E-state index in [4.69, 9.17) is 9.15 Å². The van der Waals surface area contributed by atoms with Gasteiger partial charge in [-0.2, -0.15) is 0 Å². The molecule has 24 heavy (non-hydrogen) atoms. The largest absolute Gasteiger partial charge is 0.451 e. The lowest BCUT2D eigenvalue weighted by Gasteiger charge is -2.27. The van der Waals surface area contributed by atoms with Gasteiger partial charge >= 0.3 is 0 Å². The molecule has 1 aliphatic carbocycles. The summed E-state index contributed by atoms with van der Waals surface area (Å²) in [6.07, 6.45) is 2.62. The summed E-state index contributed by atoms with van der Waals surface area (Å²) in [6, 6.07) is 7.53. The van der Waals surface area contributed by atoms with Crippen LogP contribution >= 0.6 is 0 Å². The number of fused-ring (bicyclic) bond motifs is 3. The maximum atomic E-state index is 12.6. The number of carbonyl (C=O) groups is 2. The van der Waals surface area contributed by atoms with Crippen LogP contribution in [-0.4, -0.2) is 31.0 Å². The van der Waals surface area contributed by atoms with Gasteiger partial charge in [0.25, 0.3) is 5.91 Å². The van der Waals surface area contributed by atoms with E-state index in [0.717, 1.165) is 30.2 Å². The molecule has 6 nitrogen and oxygen atoms in total. The summed E-state index contributed by atoms with van der Waals surface area (Å²) in [5.41, 5.74) is 1.14. The minimum absolute atomic E-state index is 0.108. The number of ether oxygens (including phenoxy) is 1. The van der Waals surface area contributed by atoms with Crippen molar-refractivity contribution in [3.63, 3.8) is 0 Å². The number of hydrogen-bond donors (Lipinski definition) is 2. The number of amides is 2. The van der Waals surface area contributed by atoms with Gasteiger partial charge in [-0.25, -0.2) is 0 Å². The Labute approximate surface area is 139 Å². The van der Waals surface area contributed by atoms with Crippen LogP contribution in [0.15, 0.2) is 28.7 Å². The predicted molar refractivity (Wildman–Crippen MR) is 87.5 cm³/mol. The quantitative estimate of drug-likeness (QED) is 0.879. The molecule has 2 bridgehead atoms. The van der Waals surface area contributed by atoms with Crippen molar-refractivity contribution in [2.75, 3.05) is 13.7 Å². The average Bonchev–Trinajstić information content (AvgIpc) is 3.25. The molecule has 1 saturated carbocycles. The molecular formula is C18H20N2O4. The third-order valence-corrected chi connectivity index (χ3v) is 5.15. The minimum Gasteiger partial charge on any atom is -0.451 e. The molecule has 0 radical (unpaired) electrons. The van der Waals surface area contributed by atoms with Crippen molar-refractivity contribution in [3.05, 3.63) is 35.6 Å². The van der Waals surface area contributed by atoms with Crippen LogP contribution in [0.2, 0.25) is 0 Å². The Morgan fingerprint density at radius 1 is 1.46 bits per heavy atom. The van der Waals surface area contributed by atoms with E-state index in [1.54, 1.807) is 7.11 Å². The van der Waals surface area contributed by atoms with E-state index in [9.17, 15) is 9.59 Å². The highest BCUT2D eigenvalue weighted by Gasteiger charge is 2.49. The molecule has 2 amide bonds. The zero-order chi connectivity index (χ0) is 16.7. The number of furan rings is 1. The monoisotopic (exact) mass is 328 g/mol. The van der Waals surface area contributed by atoms with E-state index in [1.165, 1.54) is 0 Å². The lowest BCUT2D eigenvalue weighted by atomic mass is 9.99. The van der Waals surface area contributed by atoms with Crippen LogP contribution in [-0.2, 0) is 16.1 Å². The van der Waals surface area contributed by atoms with Crippen molar-refractivity contribution >= 4 is 22.8 Å². The van der Waals surface area contributed by atoms with Crippen molar-refractivity contribution in [1.82, 2.24) is 10.6 Å². The van der Waals surface area contributed by atoms with Gasteiger partial charge in [0.1, 0.15) is 5.58 Å². The second-order valence-corrected chi connectivity index (χ2v) is 6.73. The molecule has 4 rings (SSSR count). The number of para-hydroxylation sites is 1. The fourth-order valence-electron chi connectivity index (χ4n) is 3.93. The third kappa shape index (κ3) is 2.38. The molecule has 2 fully saturated rings. The second kappa shape index (κ2) is 5.63. The lowest BCUT2D eigenvalue weighted by molar-refractivity contribution is -0.124. The smallest absolute Gasteiger partial charge is 0.287 e. The standard InChI is InChI=1S/C18H20N2O4/c1-23-9-13-12-4-2-3-5-14(12)24-15(13)17(22)19-10-18-7-6-11(8-18)16(21)20-18/h2-5,11H,6-10H2,1H3,(H,19,22)(H,20,21). The van der Waals surface area contributed by atoms with Crippen LogP contribution in [0, 0.1) is 5.92 Å². The molecule has 0 spiro atoms. The molecule has 1 aromatic carbocycles. The second-order valence-electron chi connectivity index (χ2n) is 6.73. The van der Waals surface area contributed by atoms with Crippen LogP contribution in [0.4, 0.5) is 0 Å². The van der Waals surface area contributed by atoms with E-state index in [2.05, 4.69) is 10.6 Å². The summed E-state index contributed by atoms with van der Waals surface area (Å²) in [7, 11) is 1.59. The first kappa shape index (κ1) is 15.2. The van der Waals surface area contributed by atoms with Gasteiger partial charge in [-0.3, -0.25) is 9.59 Å². The van der Waals surface area contributed by atoms with Gasteiger partial charge in [-0.1, -0.05) is 18.2 Å². The van der Waals surface area contributed by atoms with Gasteiger partial charge in [0.05, 0.1) is 12.1 Å². The Morgan fingerprint density at radius 3 is 3.00 bits per heavy atom. The molecule has 2 heterocycles. The maximum Gasteiger partial charge on any atom is 0.287 e. The molecule has 2 atom stereocenters. The molecule has 1 aliphatic heterocycles. The molecule has 126 valence electrons. The van der Waals surface area contributed by atoms with Crippen LogP contribution < -0.4 is 10.6 Å². The van der Waals surface area contributed by atoms with Crippen LogP contribution in [0.5, 0.6) is 0 Å². The van der Waals surface area contributed by atoms with E-state index in [1.807, 2.05) is 24.3 Å². The van der Waals surface area contributed by atoms with Crippen molar-refractivity contribution in [2.24, 2.45) is 5.92 Å². The molecule has 1 saturated heterocycles. The van der Waals surface area contributed by atoms with Gasteiger partial charge in [-0.15, -0.1) is 0 Å². The Balaban J connectivity index is 1.55. The summed E-state index contributed by atoms with van der Waals surface area (Å²) >= 11 is 0. The summed E-state index contributed by atoms with van der Waals surface area (Å²) in [4.78, 5) is 24.4. The summed E-state index contributed by atoms with van der Waals surface area (Å²) in [6.45, 7) is 0.737. The number of piperidine rings is 1. The number of benzene rings is 1. The molecule has 1 aromatic heterocycles. The molecular weight excluding hydrogens is 308 g/mol. The first-order chi connectivity index (χ1) is 11.6. The van der Waals surface area contributed by atoms with E-state index in [-0.39, 0.29) is 29.0 Å². The number of rotatable bonds is 5. The minimum atomic E-state index is -0.287. The first-order valence-electron chi connectivity index (χ1n) is 8.21. The SMILES string of the molecule is COCc1c(C(=O)NCC23CCC(C2)C(=O)N3)oc2ccccc12. The average molecular weight is 328 g/mol. The highest BCUT2D eigenvalue weighted by molar-refractivity contribution is 5.99. The molecule has 2 aliphatic rings. The van der Waals surface area contributed by atoms with Gasteiger partial charge < -0.3 is 19.8 Å². The van der Waals surface area contributed by atoms with E-state index < -0.39 is 0 Å². The Bertz CT molecular complexity index is 812. The molecule has 2 aromatic rings. The predicted octanol–water partition coefficient (Wildman–Crippen LogP) is 1.98. The van der Waals surface area contributed by atoms with Crippen LogP contribution in [0.25, 0.3) is 11.0 Å². The topological polar surface area (TPSA) is 80.6 Å². The normalized spacial score (nSPS) is 25.2. The number of carbonyl (C=O) groups excluding carboxylic acids is 2. The fourth-order valence-corrected chi connectivity index (χ4v) is 3.93. The maximum absolute atomic E-state index is 12.6. The van der Waals surface area contributed by atoms with E-state index in [0.29, 0.717) is 18.7 Å². The van der Waals surface area contributed by atoms with E-state index >= 15 is 0 Å². The van der Waals surface area contributed by atoms with Gasteiger partial charge in [0.15, 0.2) is 5.76 Å². The first-order valence-corrected chi connectivity index (χ1v) is 8.21. The van der Waals surface area contributed by atoms with Crippen LogP contribution in [0.3, 0.4) is 0 Å². The van der Waals surface area contributed by atoms with Crippen molar-refractivity contribution in [2.45, 2.75) is 31.4 Å². The third-order valence-electron chi connectivity index (χ3n) is 5.15. The zero-order valence-corrected chi connectivity index (χ0v) is 13.6. The van der Waals surface area contributed by atoms with Gasteiger partial charge in [-0.05, 0) is 25.3 Å². The summed E-state index contributed by atoms with van der Waals surface area (Å²) < 4.78 is 11.0. The number of nitrogens with one attached hydrogen (secondary N) is 2. The lowest BCUT2D eigenvalue weighted by Crippen LogP contribution is -2.51. The zero-order valence-electron chi connectivity index (χ0n) is 13.6. The summed E-state index contributed by atoms with van der Waals surface area (Å²) in [5, 5.41) is 6.85. The highest BCUT2D eigenvalue weighted by Crippen LogP contribution is 2.40. The molecule has 2 N–H and O–H groups in total. The highest BCUT2D eigenvalue weighted by atomic mass is 16.5. The fraction of sp³-hybridized carbons (Fsp3) is 0.444. The molecule has 2 unspecified atom stereocenters. The molecule has 6 heteroatoms. The Morgan fingerprint density at radius 2 is 2.29 bits per heavy atom. The number of methoxy groups -OCH3 is 1. The van der Waals surface area contributed by atoms with Crippen LogP contribution in [0.1, 0.15) is 35.4 Å². The van der Waals surface area contributed by atoms with Crippen molar-refractivity contribution in [1.29, 1.82) is 0 Å². The number of hydrogen-bond acceptors (Lipinski definition) is 4. The Kier molecular flexibility index (Phi) is 3.57. The van der Waals surface area contributed by atoms with Crippen molar-refractivity contribution < 1.29 is 18.7 Å². The van der Waals surface area contributed by atoms with Crippen molar-refractivity contribution in [3.8, 4) is 0 Å². The Hall–Kier alpha value is -2.34. The van der Waals surface area contributed by atoms with Gasteiger partial charge in [0, 0.05) is 30.5 Å². The van der Waals surface area contributed by atoms with Gasteiger partial charge in [0.2, 0.25) is 5.91 Å². The summed E-state index contributed by atoms with van der Waals surface area (Å²) in [5.74, 6) is 0.238.